The van der Waals surface area contributed by atoms with Gasteiger partial charge in [-0.05, 0) is 33.1 Å². The average molecular weight is 534 g/mol. The van der Waals surface area contributed by atoms with Gasteiger partial charge in [-0.3, -0.25) is 0 Å². The maximum absolute atomic E-state index is 13.9. The Kier molecular flexibility index (Phi) is 9.80. The van der Waals surface area contributed by atoms with Crippen molar-refractivity contribution in [3.63, 3.8) is 0 Å². The maximum Gasteiger partial charge on any atom is 0.437 e. The van der Waals surface area contributed by atoms with E-state index < -0.39 is 59.9 Å². The Morgan fingerprint density at radius 2 is 1.09 bits per heavy atom. The van der Waals surface area contributed by atoms with Gasteiger partial charge in [-0.15, -0.1) is 0 Å². The summed E-state index contributed by atoms with van der Waals surface area (Å²) in [7, 11) is 0. The molecule has 1 atom stereocenters. The first kappa shape index (κ1) is 32.5. The highest BCUT2D eigenvalue weighted by atomic mass is 19.4. The number of carbonyl (C=O) groups is 1. The number of hydrogen-bond donors (Lipinski definition) is 1. The summed E-state index contributed by atoms with van der Waals surface area (Å²) in [6.07, 6.45) is -23.7. The van der Waals surface area contributed by atoms with Gasteiger partial charge in [0.25, 0.3) is 5.60 Å². The van der Waals surface area contributed by atoms with Crippen molar-refractivity contribution in [2.45, 2.75) is 101 Å². The van der Waals surface area contributed by atoms with Crippen LogP contribution in [0, 0.1) is 5.92 Å². The van der Waals surface area contributed by atoms with Gasteiger partial charge in [0.2, 0.25) is 5.67 Å². The molecule has 0 aromatic carbocycles. The minimum Gasteiger partial charge on any atom is -0.437 e. The summed E-state index contributed by atoms with van der Waals surface area (Å²) in [5.41, 5.74) is -12.2. The summed E-state index contributed by atoms with van der Waals surface area (Å²) in [6, 6.07) is 0. The first-order valence-electron chi connectivity index (χ1n) is 9.71. The third-order valence-electron chi connectivity index (χ3n) is 5.47. The number of hydrogen-bond acceptors (Lipinski definition) is 3. The Morgan fingerprint density at radius 3 is 1.32 bits per heavy atom. The molecule has 0 spiro atoms. The number of halogens is 13. The van der Waals surface area contributed by atoms with Crippen LogP contribution in [0.15, 0.2) is 0 Å². The molecule has 3 nitrogen and oxygen atoms in total. The fourth-order valence-electron chi connectivity index (χ4n) is 2.89. The summed E-state index contributed by atoms with van der Waals surface area (Å²) in [5, 5.41) is 7.94. The first-order chi connectivity index (χ1) is 14.8. The van der Waals surface area contributed by atoms with Gasteiger partial charge in [-0.1, -0.05) is 26.2 Å². The van der Waals surface area contributed by atoms with E-state index in [1.807, 2.05) is 0 Å². The standard InChI is InChI=1S/C14H19F7O2.C4H4F6O/c1-3-11(2,15)10(22)23-12(13(16,17)18,14(19,20)21)9-7-5-4-6-8-9;1-2(11,3(5,6)7)4(8,9)10/h9H,3-8H2,1-2H3;11H,1H3. The van der Waals surface area contributed by atoms with Gasteiger partial charge in [0.05, 0.1) is 0 Å². The SMILES string of the molecule is CC(O)(C(F)(F)F)C(F)(F)F.CCC(C)(F)C(=O)OC(C1CCCCC1)(C(F)(F)F)C(F)(F)F. The molecule has 1 unspecified atom stereocenters. The second kappa shape index (κ2) is 10.2. The van der Waals surface area contributed by atoms with Crippen LogP contribution in [0.3, 0.4) is 0 Å². The molecule has 1 aliphatic rings. The monoisotopic (exact) mass is 534 g/mol. The molecular weight excluding hydrogens is 511 g/mol. The predicted molar refractivity (Wildman–Crippen MR) is 90.0 cm³/mol. The molecular formula is C18H23F13O3. The summed E-state index contributed by atoms with van der Waals surface area (Å²) in [6.45, 7) is 1.39. The molecule has 1 N–H and O–H groups in total. The van der Waals surface area contributed by atoms with Crippen LogP contribution in [0.1, 0.15) is 59.3 Å². The van der Waals surface area contributed by atoms with Crippen LogP contribution >= 0.6 is 0 Å². The first-order valence-corrected chi connectivity index (χ1v) is 9.71. The van der Waals surface area contributed by atoms with E-state index in [2.05, 4.69) is 4.74 Å². The lowest BCUT2D eigenvalue weighted by atomic mass is 9.75. The van der Waals surface area contributed by atoms with Crippen LogP contribution in [0.25, 0.3) is 0 Å². The smallest absolute Gasteiger partial charge is 0.437 e. The highest BCUT2D eigenvalue weighted by Gasteiger charge is 2.77. The van der Waals surface area contributed by atoms with Crippen LogP contribution in [0.5, 0.6) is 0 Å². The molecule has 1 rings (SSSR count). The molecule has 34 heavy (non-hydrogen) atoms. The van der Waals surface area contributed by atoms with Crippen LogP contribution < -0.4 is 0 Å². The van der Waals surface area contributed by atoms with E-state index in [1.165, 1.54) is 0 Å². The van der Waals surface area contributed by atoms with Gasteiger partial charge in [-0.2, -0.15) is 52.7 Å². The zero-order chi connectivity index (χ0) is 27.6. The van der Waals surface area contributed by atoms with Gasteiger partial charge in [-0.25, -0.2) is 9.18 Å². The van der Waals surface area contributed by atoms with E-state index in [0.29, 0.717) is 13.3 Å². The van der Waals surface area contributed by atoms with Crippen molar-refractivity contribution >= 4 is 5.97 Å². The van der Waals surface area contributed by atoms with Crippen molar-refractivity contribution in [3.05, 3.63) is 0 Å². The number of carbonyl (C=O) groups excluding carboxylic acids is 1. The zero-order valence-electron chi connectivity index (χ0n) is 18.0. The number of ether oxygens (including phenoxy) is 1. The highest BCUT2D eigenvalue weighted by molar-refractivity contribution is 5.79. The van der Waals surface area contributed by atoms with Crippen LogP contribution in [0.4, 0.5) is 57.1 Å². The van der Waals surface area contributed by atoms with Crippen molar-refractivity contribution < 1.29 is 71.7 Å². The van der Waals surface area contributed by atoms with E-state index in [1.54, 1.807) is 0 Å². The van der Waals surface area contributed by atoms with Gasteiger partial charge in [0, 0.05) is 5.92 Å². The lowest BCUT2D eigenvalue weighted by molar-refractivity contribution is -0.389. The van der Waals surface area contributed by atoms with Crippen LogP contribution in [0.2, 0.25) is 0 Å². The summed E-state index contributed by atoms with van der Waals surface area (Å²) in [4.78, 5) is 11.7. The Morgan fingerprint density at radius 1 is 0.735 bits per heavy atom. The van der Waals surface area contributed by atoms with E-state index in [9.17, 15) is 61.9 Å². The fraction of sp³-hybridized carbons (Fsp3) is 0.944. The number of esters is 1. The largest absolute Gasteiger partial charge is 0.437 e. The molecule has 0 amide bonds. The normalized spacial score (nSPS) is 19.1. The zero-order valence-corrected chi connectivity index (χ0v) is 18.0. The van der Waals surface area contributed by atoms with Crippen molar-refractivity contribution in [3.8, 4) is 0 Å². The molecule has 0 bridgehead atoms. The molecule has 16 heteroatoms. The quantitative estimate of drug-likeness (QED) is 0.313. The third kappa shape index (κ3) is 6.80. The lowest BCUT2D eigenvalue weighted by Crippen LogP contribution is -2.65. The molecule has 0 aromatic heterocycles. The summed E-state index contributed by atoms with van der Waals surface area (Å²) in [5.74, 6) is -4.10. The summed E-state index contributed by atoms with van der Waals surface area (Å²) >= 11 is 0. The average Bonchev–Trinajstić information content (AvgIpc) is 2.63. The van der Waals surface area contributed by atoms with Crippen molar-refractivity contribution in [2.75, 3.05) is 0 Å². The molecule has 204 valence electrons. The Bertz CT molecular complexity index is 637. The Hall–Kier alpha value is -1.48. The summed E-state index contributed by atoms with van der Waals surface area (Å²) < 4.78 is 166. The topological polar surface area (TPSA) is 46.5 Å². The van der Waals surface area contributed by atoms with Gasteiger partial charge in [0.1, 0.15) is 0 Å². The minimum absolute atomic E-state index is 0.163. The maximum atomic E-state index is 13.9. The van der Waals surface area contributed by atoms with E-state index in [0.717, 1.165) is 6.92 Å². The Balaban J connectivity index is 0.000000833. The van der Waals surface area contributed by atoms with E-state index in [4.69, 9.17) is 5.11 Å². The van der Waals surface area contributed by atoms with Gasteiger partial charge >= 0.3 is 36.3 Å². The molecule has 0 saturated heterocycles. The molecule has 0 aliphatic heterocycles. The third-order valence-corrected chi connectivity index (χ3v) is 5.47. The lowest BCUT2D eigenvalue weighted by Gasteiger charge is -2.44. The van der Waals surface area contributed by atoms with Crippen molar-refractivity contribution in [1.29, 1.82) is 0 Å². The molecule has 0 radical (unpaired) electrons. The minimum atomic E-state index is -5.88. The second-order valence-electron chi connectivity index (χ2n) is 8.07. The fourth-order valence-corrected chi connectivity index (χ4v) is 2.89. The van der Waals surface area contributed by atoms with E-state index >= 15 is 0 Å². The second-order valence-corrected chi connectivity index (χ2v) is 8.07. The van der Waals surface area contributed by atoms with Gasteiger partial charge in [0.15, 0.2) is 0 Å². The number of aliphatic hydroxyl groups is 1. The molecule has 1 fully saturated rings. The van der Waals surface area contributed by atoms with Crippen LogP contribution in [-0.2, 0) is 9.53 Å². The van der Waals surface area contributed by atoms with Gasteiger partial charge < -0.3 is 9.84 Å². The number of rotatable bonds is 4. The Labute approximate surface area is 185 Å². The van der Waals surface area contributed by atoms with E-state index in [-0.39, 0.29) is 32.6 Å². The van der Waals surface area contributed by atoms with Crippen LogP contribution in [-0.4, -0.2) is 52.7 Å². The molecule has 1 aliphatic carbocycles. The van der Waals surface area contributed by atoms with Crippen molar-refractivity contribution in [2.24, 2.45) is 5.92 Å². The highest BCUT2D eigenvalue weighted by Crippen LogP contribution is 2.54. The van der Waals surface area contributed by atoms with Crippen molar-refractivity contribution in [1.82, 2.24) is 0 Å². The number of alkyl halides is 13. The molecule has 0 heterocycles. The molecule has 1 saturated carbocycles. The molecule has 0 aromatic rings. The predicted octanol–water partition coefficient (Wildman–Crippen LogP) is 6.97.